The van der Waals surface area contributed by atoms with Crippen LogP contribution in [0.5, 0.6) is 0 Å². The van der Waals surface area contributed by atoms with Gasteiger partial charge in [-0.2, -0.15) is 0 Å². The second-order valence-corrected chi connectivity index (χ2v) is 4.19. The van der Waals surface area contributed by atoms with Crippen LogP contribution < -0.4 is 5.56 Å². The number of pyridine rings is 1. The third kappa shape index (κ3) is 1.45. The number of nitrogens with zero attached hydrogens (tertiary/aromatic N) is 2. The maximum absolute atomic E-state index is 11.8. The fourth-order valence-corrected chi connectivity index (χ4v) is 2.18. The van der Waals surface area contributed by atoms with E-state index in [-0.39, 0.29) is 5.56 Å². The van der Waals surface area contributed by atoms with E-state index >= 15 is 0 Å². The molecule has 1 unspecified atom stereocenters. The highest BCUT2D eigenvalue weighted by molar-refractivity contribution is 6.17. The smallest absolute Gasteiger partial charge is 0.272 e. The molecule has 0 bridgehead atoms. The van der Waals surface area contributed by atoms with Crippen LogP contribution in [0.3, 0.4) is 0 Å². The highest BCUT2D eigenvalue weighted by Gasteiger charge is 2.15. The molecule has 4 heteroatoms. The summed E-state index contributed by atoms with van der Waals surface area (Å²) in [5.41, 5.74) is 2.16. The number of aromatic nitrogens is 2. The molecule has 2 aromatic heterocycles. The number of aromatic amines is 1. The Labute approximate surface area is 99.7 Å². The molecule has 17 heavy (non-hydrogen) atoms. The van der Waals surface area contributed by atoms with Gasteiger partial charge in [0, 0.05) is 30.4 Å². The van der Waals surface area contributed by atoms with Crippen molar-refractivity contribution in [3.05, 3.63) is 46.5 Å². The first-order valence-corrected chi connectivity index (χ1v) is 5.44. The van der Waals surface area contributed by atoms with Crippen LogP contribution in [0.15, 0.2) is 40.4 Å². The minimum absolute atomic E-state index is 0.113. The van der Waals surface area contributed by atoms with Gasteiger partial charge in [0.25, 0.3) is 5.56 Å². The molecule has 0 amide bonds. The van der Waals surface area contributed by atoms with Crippen molar-refractivity contribution >= 4 is 16.6 Å². The Bertz CT molecular complexity index is 749. The maximum Gasteiger partial charge on any atom is 0.272 e. The van der Waals surface area contributed by atoms with Crippen molar-refractivity contribution in [2.75, 3.05) is 0 Å². The SMILES string of the molecule is [2H]C1(C)C=CC(c2cn(C)c3c(=O)[nH]ccc23)=N1. The van der Waals surface area contributed by atoms with E-state index in [9.17, 15) is 4.79 Å². The molecule has 2 aromatic rings. The molecule has 0 saturated heterocycles. The molecule has 1 aliphatic rings. The van der Waals surface area contributed by atoms with Crippen molar-refractivity contribution < 1.29 is 1.37 Å². The molecule has 4 nitrogen and oxygen atoms in total. The number of fused-ring (bicyclic) bond motifs is 1. The largest absolute Gasteiger partial charge is 0.345 e. The van der Waals surface area contributed by atoms with E-state index in [2.05, 4.69) is 9.98 Å². The molecule has 0 fully saturated rings. The van der Waals surface area contributed by atoms with Crippen LogP contribution in [0.1, 0.15) is 13.9 Å². The molecular weight excluding hydrogens is 214 g/mol. The standard InChI is InChI=1S/C13H13N3O/c1-8-3-4-11(15-8)10-7-16(2)12-9(10)5-6-14-13(12)17/h3-8H,1-2H3,(H,14,17)/i8D. The summed E-state index contributed by atoms with van der Waals surface area (Å²) in [6.45, 7) is 1.73. The molecule has 3 heterocycles. The number of H-pyrrole nitrogens is 1. The number of allylic oxidation sites excluding steroid dienone is 1. The molecule has 1 N–H and O–H groups in total. The van der Waals surface area contributed by atoms with E-state index in [1.54, 1.807) is 23.8 Å². The first kappa shape index (κ1) is 8.98. The summed E-state index contributed by atoms with van der Waals surface area (Å²) < 4.78 is 9.67. The van der Waals surface area contributed by atoms with Gasteiger partial charge in [-0.3, -0.25) is 9.79 Å². The summed E-state index contributed by atoms with van der Waals surface area (Å²) in [7, 11) is 1.83. The van der Waals surface area contributed by atoms with Crippen LogP contribution in [0.25, 0.3) is 10.9 Å². The highest BCUT2D eigenvalue weighted by atomic mass is 16.1. The Kier molecular flexibility index (Phi) is 1.82. The molecule has 0 spiro atoms. The van der Waals surface area contributed by atoms with Crippen molar-refractivity contribution in [3.8, 4) is 0 Å². The average Bonchev–Trinajstić information content (AvgIpc) is 2.81. The average molecular weight is 228 g/mol. The lowest BCUT2D eigenvalue weighted by molar-refractivity contribution is 0.944. The monoisotopic (exact) mass is 228 g/mol. The van der Waals surface area contributed by atoms with Gasteiger partial charge in [0.05, 0.1) is 13.1 Å². The normalized spacial score (nSPS) is 24.1. The minimum atomic E-state index is -0.904. The van der Waals surface area contributed by atoms with Crippen molar-refractivity contribution in [2.24, 2.45) is 12.0 Å². The molecule has 1 atom stereocenters. The Morgan fingerprint density at radius 2 is 2.41 bits per heavy atom. The van der Waals surface area contributed by atoms with Gasteiger partial charge < -0.3 is 9.55 Å². The van der Waals surface area contributed by atoms with Gasteiger partial charge in [-0.15, -0.1) is 0 Å². The van der Waals surface area contributed by atoms with E-state index in [4.69, 9.17) is 1.37 Å². The quantitative estimate of drug-likeness (QED) is 0.792. The first-order valence-electron chi connectivity index (χ1n) is 5.94. The summed E-state index contributed by atoms with van der Waals surface area (Å²) in [6, 6.07) is 0.959. The van der Waals surface area contributed by atoms with Gasteiger partial charge in [-0.25, -0.2) is 0 Å². The van der Waals surface area contributed by atoms with E-state index in [1.165, 1.54) is 0 Å². The zero-order valence-electron chi connectivity index (χ0n) is 10.7. The number of hydrogen-bond donors (Lipinski definition) is 1. The van der Waals surface area contributed by atoms with Crippen molar-refractivity contribution in [3.63, 3.8) is 0 Å². The predicted molar refractivity (Wildman–Crippen MR) is 68.7 cm³/mol. The summed E-state index contributed by atoms with van der Waals surface area (Å²) >= 11 is 0. The van der Waals surface area contributed by atoms with E-state index < -0.39 is 6.02 Å². The summed E-state index contributed by atoms with van der Waals surface area (Å²) in [4.78, 5) is 18.8. The topological polar surface area (TPSA) is 50.1 Å². The molecular formula is C13H13N3O. The van der Waals surface area contributed by atoms with E-state index in [1.807, 2.05) is 25.4 Å². The zero-order chi connectivity index (χ0) is 12.9. The number of rotatable bonds is 1. The van der Waals surface area contributed by atoms with Crippen LogP contribution in [-0.4, -0.2) is 21.3 Å². The van der Waals surface area contributed by atoms with Gasteiger partial charge in [0.2, 0.25) is 0 Å². The Morgan fingerprint density at radius 1 is 1.59 bits per heavy atom. The molecule has 86 valence electrons. The summed E-state index contributed by atoms with van der Waals surface area (Å²) in [5, 5.41) is 0.863. The Hall–Kier alpha value is -2.10. The van der Waals surface area contributed by atoms with Gasteiger partial charge in [0.15, 0.2) is 0 Å². The number of aliphatic imine (C=N–C) groups is 1. The lowest BCUT2D eigenvalue weighted by Crippen LogP contribution is -2.07. The molecule has 3 rings (SSSR count). The van der Waals surface area contributed by atoms with Gasteiger partial charge in [-0.05, 0) is 19.1 Å². The molecule has 0 aromatic carbocycles. The Balaban J connectivity index is 2.30. The van der Waals surface area contributed by atoms with Crippen molar-refractivity contribution in [1.29, 1.82) is 0 Å². The number of nitrogens with one attached hydrogen (secondary N) is 1. The van der Waals surface area contributed by atoms with Crippen molar-refractivity contribution in [1.82, 2.24) is 9.55 Å². The molecule has 0 aliphatic carbocycles. The van der Waals surface area contributed by atoms with Gasteiger partial charge >= 0.3 is 0 Å². The Morgan fingerprint density at radius 3 is 3.12 bits per heavy atom. The first-order chi connectivity index (χ1) is 8.48. The number of hydrogen-bond acceptors (Lipinski definition) is 2. The zero-order valence-corrected chi connectivity index (χ0v) is 9.69. The molecule has 0 radical (unpaired) electrons. The highest BCUT2D eigenvalue weighted by Crippen LogP contribution is 2.21. The van der Waals surface area contributed by atoms with Crippen LogP contribution in [0.4, 0.5) is 0 Å². The van der Waals surface area contributed by atoms with Crippen LogP contribution in [0, 0.1) is 0 Å². The molecule has 0 saturated carbocycles. The van der Waals surface area contributed by atoms with Crippen molar-refractivity contribution in [2.45, 2.75) is 12.9 Å². The summed E-state index contributed by atoms with van der Waals surface area (Å²) in [6.07, 6.45) is 7.09. The lowest BCUT2D eigenvalue weighted by atomic mass is 10.1. The number of aryl methyl sites for hydroxylation is 1. The second-order valence-electron chi connectivity index (χ2n) is 4.19. The minimum Gasteiger partial charge on any atom is -0.345 e. The van der Waals surface area contributed by atoms with Crippen LogP contribution >= 0.6 is 0 Å². The fraction of sp³-hybridized carbons (Fsp3) is 0.231. The molecule has 1 aliphatic heterocycles. The third-order valence-corrected chi connectivity index (χ3v) is 2.96. The van der Waals surface area contributed by atoms with Gasteiger partial charge in [-0.1, -0.05) is 6.08 Å². The van der Waals surface area contributed by atoms with E-state index in [0.717, 1.165) is 16.7 Å². The van der Waals surface area contributed by atoms with E-state index in [0.29, 0.717) is 5.52 Å². The second kappa shape index (κ2) is 3.45. The third-order valence-electron chi connectivity index (χ3n) is 2.96. The predicted octanol–water partition coefficient (Wildman–Crippen LogP) is 1.61. The van der Waals surface area contributed by atoms with Crippen LogP contribution in [0.2, 0.25) is 0 Å². The van der Waals surface area contributed by atoms with Gasteiger partial charge in [0.1, 0.15) is 5.52 Å². The fourth-order valence-electron chi connectivity index (χ4n) is 2.18. The van der Waals surface area contributed by atoms with Crippen LogP contribution in [-0.2, 0) is 7.05 Å². The summed E-state index contributed by atoms with van der Waals surface area (Å²) in [5.74, 6) is 0. The lowest BCUT2D eigenvalue weighted by Gasteiger charge is -1.96. The maximum atomic E-state index is 11.8.